The summed E-state index contributed by atoms with van der Waals surface area (Å²) in [5.41, 5.74) is 0.371. The van der Waals surface area contributed by atoms with Crippen molar-refractivity contribution in [2.24, 2.45) is 0 Å². The highest BCUT2D eigenvalue weighted by molar-refractivity contribution is 6.03. The van der Waals surface area contributed by atoms with E-state index in [-0.39, 0.29) is 17.2 Å². The fourth-order valence-corrected chi connectivity index (χ4v) is 2.83. The first-order chi connectivity index (χ1) is 14.0. The molecule has 0 aliphatic rings. The Morgan fingerprint density at radius 2 is 1.38 bits per heavy atom. The molecule has 5 nitrogen and oxygen atoms in total. The number of esters is 2. The third-order valence-corrected chi connectivity index (χ3v) is 4.26. The van der Waals surface area contributed by atoms with Crippen LogP contribution in [0.4, 0.5) is 0 Å². The van der Waals surface area contributed by atoms with Crippen LogP contribution in [0.3, 0.4) is 0 Å². The van der Waals surface area contributed by atoms with E-state index in [1.54, 1.807) is 48.5 Å². The molecule has 0 radical (unpaired) electrons. The van der Waals surface area contributed by atoms with Gasteiger partial charge in [0.1, 0.15) is 0 Å². The van der Waals surface area contributed by atoms with E-state index in [0.717, 1.165) is 19.3 Å². The summed E-state index contributed by atoms with van der Waals surface area (Å²) >= 11 is 0. The van der Waals surface area contributed by atoms with Gasteiger partial charge in [0.2, 0.25) is 0 Å². The third kappa shape index (κ3) is 7.26. The van der Waals surface area contributed by atoms with Crippen LogP contribution >= 0.6 is 0 Å². The van der Waals surface area contributed by atoms with E-state index < -0.39 is 11.9 Å². The molecule has 0 aromatic heterocycles. The number of hydrogen-bond acceptors (Lipinski definition) is 5. The molecule has 0 saturated heterocycles. The molecule has 0 aliphatic heterocycles. The molecule has 0 N–H and O–H groups in total. The van der Waals surface area contributed by atoms with Crippen molar-refractivity contribution in [1.29, 1.82) is 0 Å². The number of rotatable bonds is 11. The maximum Gasteiger partial charge on any atom is 0.344 e. The molecule has 2 aromatic carbocycles. The van der Waals surface area contributed by atoms with E-state index in [1.165, 1.54) is 12.8 Å². The number of unbranched alkanes of at least 4 members (excludes halogenated alkanes) is 4. The molecular formula is C24H30O5. The molecule has 29 heavy (non-hydrogen) atoms. The molecule has 0 heterocycles. The van der Waals surface area contributed by atoms with Crippen molar-refractivity contribution >= 4 is 11.9 Å². The lowest BCUT2D eigenvalue weighted by molar-refractivity contribution is 0.0489. The zero-order chi connectivity index (χ0) is 21.1. The second-order valence-corrected chi connectivity index (χ2v) is 7.10. The summed E-state index contributed by atoms with van der Waals surface area (Å²) in [7, 11) is 0. The second-order valence-electron chi connectivity index (χ2n) is 7.10. The number of carbonyl (C=O) groups excluding carboxylic acids is 2. The summed E-state index contributed by atoms with van der Waals surface area (Å²) in [6.07, 6.45) is 5.27. The minimum absolute atomic E-state index is 0.0607. The molecule has 0 fully saturated rings. The van der Waals surface area contributed by atoms with Gasteiger partial charge in [0.15, 0.2) is 11.5 Å². The first kappa shape index (κ1) is 22.5. The van der Waals surface area contributed by atoms with Gasteiger partial charge in [-0.25, -0.2) is 9.59 Å². The SMILES string of the molecule is CCCCCCCOC(=O)c1ccccc1C(=O)Oc1ccccc1OC(C)C. The quantitative estimate of drug-likeness (QED) is 0.271. The van der Waals surface area contributed by atoms with Crippen LogP contribution in [0.1, 0.15) is 73.6 Å². The number of hydrogen-bond donors (Lipinski definition) is 0. The molecule has 0 atom stereocenters. The highest BCUT2D eigenvalue weighted by Gasteiger charge is 2.20. The van der Waals surface area contributed by atoms with E-state index in [0.29, 0.717) is 18.1 Å². The van der Waals surface area contributed by atoms with Crippen LogP contribution in [0.2, 0.25) is 0 Å². The van der Waals surface area contributed by atoms with Gasteiger partial charge in [0, 0.05) is 0 Å². The van der Waals surface area contributed by atoms with Gasteiger partial charge < -0.3 is 14.2 Å². The van der Waals surface area contributed by atoms with Gasteiger partial charge in [-0.2, -0.15) is 0 Å². The van der Waals surface area contributed by atoms with Crippen LogP contribution in [0.15, 0.2) is 48.5 Å². The van der Waals surface area contributed by atoms with Crippen LogP contribution in [-0.4, -0.2) is 24.6 Å². The summed E-state index contributed by atoms with van der Waals surface area (Å²) < 4.78 is 16.6. The summed E-state index contributed by atoms with van der Waals surface area (Å²) in [6.45, 7) is 6.29. The highest BCUT2D eigenvalue weighted by Crippen LogP contribution is 2.28. The molecular weight excluding hydrogens is 368 g/mol. The Morgan fingerprint density at radius 1 is 0.793 bits per heavy atom. The van der Waals surface area contributed by atoms with Crippen LogP contribution < -0.4 is 9.47 Å². The third-order valence-electron chi connectivity index (χ3n) is 4.26. The summed E-state index contributed by atoms with van der Waals surface area (Å²) in [4.78, 5) is 25.2. The smallest absolute Gasteiger partial charge is 0.344 e. The van der Waals surface area contributed by atoms with E-state index in [1.807, 2.05) is 13.8 Å². The van der Waals surface area contributed by atoms with Gasteiger partial charge >= 0.3 is 11.9 Å². The Hall–Kier alpha value is -2.82. The predicted molar refractivity (Wildman–Crippen MR) is 113 cm³/mol. The van der Waals surface area contributed by atoms with Crippen molar-refractivity contribution in [3.05, 3.63) is 59.7 Å². The van der Waals surface area contributed by atoms with Crippen molar-refractivity contribution in [3.63, 3.8) is 0 Å². The van der Waals surface area contributed by atoms with Crippen molar-refractivity contribution in [1.82, 2.24) is 0 Å². The Balaban J connectivity index is 2.04. The Morgan fingerprint density at radius 3 is 2.03 bits per heavy atom. The molecule has 2 rings (SSSR count). The molecule has 0 spiro atoms. The van der Waals surface area contributed by atoms with Crippen LogP contribution in [0.5, 0.6) is 11.5 Å². The second kappa shape index (κ2) is 11.9. The van der Waals surface area contributed by atoms with E-state index in [4.69, 9.17) is 14.2 Å². The summed E-state index contributed by atoms with van der Waals surface area (Å²) in [5, 5.41) is 0. The van der Waals surface area contributed by atoms with Crippen molar-refractivity contribution < 1.29 is 23.8 Å². The lowest BCUT2D eigenvalue weighted by atomic mass is 10.1. The average molecular weight is 398 g/mol. The first-order valence-corrected chi connectivity index (χ1v) is 10.3. The molecule has 156 valence electrons. The lowest BCUT2D eigenvalue weighted by Crippen LogP contribution is -2.17. The predicted octanol–water partition coefficient (Wildman–Crippen LogP) is 5.82. The number of para-hydroxylation sites is 2. The van der Waals surface area contributed by atoms with Crippen LogP contribution in [0, 0.1) is 0 Å². The molecule has 0 saturated carbocycles. The average Bonchev–Trinajstić information content (AvgIpc) is 2.71. The summed E-state index contributed by atoms with van der Waals surface area (Å²) in [5.74, 6) is -0.353. The molecule has 0 aliphatic carbocycles. The van der Waals surface area contributed by atoms with Gasteiger partial charge in [-0.15, -0.1) is 0 Å². The number of ether oxygens (including phenoxy) is 3. The molecule has 5 heteroatoms. The van der Waals surface area contributed by atoms with Gasteiger partial charge in [0.05, 0.1) is 23.8 Å². The Labute approximate surface area is 173 Å². The monoisotopic (exact) mass is 398 g/mol. The van der Waals surface area contributed by atoms with Crippen molar-refractivity contribution in [2.75, 3.05) is 6.61 Å². The zero-order valence-electron chi connectivity index (χ0n) is 17.5. The van der Waals surface area contributed by atoms with Crippen LogP contribution in [0.25, 0.3) is 0 Å². The van der Waals surface area contributed by atoms with E-state index in [2.05, 4.69) is 6.92 Å². The molecule has 0 amide bonds. The maximum atomic E-state index is 12.7. The lowest BCUT2D eigenvalue weighted by Gasteiger charge is -2.14. The Bertz CT molecular complexity index is 797. The molecule has 0 unspecified atom stereocenters. The minimum atomic E-state index is -0.625. The van der Waals surface area contributed by atoms with Gasteiger partial charge in [0.25, 0.3) is 0 Å². The highest BCUT2D eigenvalue weighted by atomic mass is 16.6. The van der Waals surface area contributed by atoms with Crippen LogP contribution in [-0.2, 0) is 4.74 Å². The topological polar surface area (TPSA) is 61.8 Å². The molecule has 0 bridgehead atoms. The summed E-state index contributed by atoms with van der Waals surface area (Å²) in [6, 6.07) is 13.5. The van der Waals surface area contributed by atoms with Crippen molar-refractivity contribution in [2.45, 2.75) is 59.0 Å². The normalized spacial score (nSPS) is 10.6. The fraction of sp³-hybridized carbons (Fsp3) is 0.417. The maximum absolute atomic E-state index is 12.7. The number of benzene rings is 2. The van der Waals surface area contributed by atoms with E-state index in [9.17, 15) is 9.59 Å². The van der Waals surface area contributed by atoms with Gasteiger partial charge in [-0.05, 0) is 44.5 Å². The Kier molecular flexibility index (Phi) is 9.22. The van der Waals surface area contributed by atoms with Gasteiger partial charge in [-0.1, -0.05) is 56.9 Å². The molecule has 2 aromatic rings. The van der Waals surface area contributed by atoms with E-state index >= 15 is 0 Å². The number of carbonyl (C=O) groups is 2. The zero-order valence-corrected chi connectivity index (χ0v) is 17.5. The van der Waals surface area contributed by atoms with Crippen molar-refractivity contribution in [3.8, 4) is 11.5 Å². The standard InChI is InChI=1S/C24H30O5/c1-4-5-6-7-12-17-27-23(25)19-13-8-9-14-20(19)24(26)29-22-16-11-10-15-21(22)28-18(2)3/h8-11,13-16,18H,4-7,12,17H2,1-3H3. The largest absolute Gasteiger partial charge is 0.487 e. The fourth-order valence-electron chi connectivity index (χ4n) is 2.83. The minimum Gasteiger partial charge on any atom is -0.487 e. The first-order valence-electron chi connectivity index (χ1n) is 10.3. The van der Waals surface area contributed by atoms with Gasteiger partial charge in [-0.3, -0.25) is 0 Å².